The minimum Gasteiger partial charge on any atom is -0.391 e. The molecule has 1 saturated heterocycles. The quantitative estimate of drug-likeness (QED) is 0.657. The SMILES string of the molecule is CCNC(=NCc1ccccc1Cl)N1CC[C@@H](O)C1. The largest absolute Gasteiger partial charge is 0.391 e. The van der Waals surface area contributed by atoms with E-state index in [9.17, 15) is 5.11 Å². The highest BCUT2D eigenvalue weighted by Crippen LogP contribution is 2.16. The zero-order valence-corrected chi connectivity index (χ0v) is 11.9. The number of rotatable bonds is 3. The molecule has 5 heteroatoms. The van der Waals surface area contributed by atoms with Gasteiger partial charge in [-0.05, 0) is 25.0 Å². The van der Waals surface area contributed by atoms with Crippen molar-refractivity contribution in [3.63, 3.8) is 0 Å². The monoisotopic (exact) mass is 281 g/mol. The molecule has 1 aromatic rings. The molecule has 0 radical (unpaired) electrons. The fraction of sp³-hybridized carbons (Fsp3) is 0.500. The van der Waals surface area contributed by atoms with Crippen LogP contribution in [0.1, 0.15) is 18.9 Å². The lowest BCUT2D eigenvalue weighted by molar-refractivity contribution is 0.188. The van der Waals surface area contributed by atoms with Gasteiger partial charge in [-0.3, -0.25) is 0 Å². The minimum atomic E-state index is -0.246. The fourth-order valence-corrected chi connectivity index (χ4v) is 2.34. The van der Waals surface area contributed by atoms with E-state index in [1.165, 1.54) is 0 Å². The number of hydrogen-bond acceptors (Lipinski definition) is 2. The van der Waals surface area contributed by atoms with Crippen molar-refractivity contribution in [2.75, 3.05) is 19.6 Å². The third kappa shape index (κ3) is 3.85. The highest BCUT2D eigenvalue weighted by molar-refractivity contribution is 6.31. The van der Waals surface area contributed by atoms with Crippen molar-refractivity contribution >= 4 is 17.6 Å². The van der Waals surface area contributed by atoms with Crippen LogP contribution in [0.4, 0.5) is 0 Å². The minimum absolute atomic E-state index is 0.246. The van der Waals surface area contributed by atoms with Crippen LogP contribution in [0.5, 0.6) is 0 Å². The number of halogens is 1. The summed E-state index contributed by atoms with van der Waals surface area (Å²) in [5, 5.41) is 13.6. The first-order chi connectivity index (χ1) is 9.20. The molecule has 1 fully saturated rings. The van der Waals surface area contributed by atoms with Crippen LogP contribution in [0.3, 0.4) is 0 Å². The van der Waals surface area contributed by atoms with Crippen molar-refractivity contribution < 1.29 is 5.11 Å². The van der Waals surface area contributed by atoms with Crippen molar-refractivity contribution in [2.24, 2.45) is 4.99 Å². The molecule has 1 aliphatic heterocycles. The average Bonchev–Trinajstić information content (AvgIpc) is 2.83. The van der Waals surface area contributed by atoms with Gasteiger partial charge in [0.2, 0.25) is 0 Å². The Labute approximate surface area is 119 Å². The van der Waals surface area contributed by atoms with Gasteiger partial charge >= 0.3 is 0 Å². The first-order valence-corrected chi connectivity index (χ1v) is 7.03. The van der Waals surface area contributed by atoms with E-state index in [0.717, 1.165) is 36.1 Å². The second-order valence-corrected chi connectivity index (χ2v) is 5.06. The molecule has 0 bridgehead atoms. The molecule has 0 saturated carbocycles. The molecule has 2 N–H and O–H groups in total. The van der Waals surface area contributed by atoms with Crippen molar-refractivity contribution in [3.05, 3.63) is 34.9 Å². The molecular weight excluding hydrogens is 262 g/mol. The second kappa shape index (κ2) is 6.78. The fourth-order valence-electron chi connectivity index (χ4n) is 2.15. The number of aliphatic hydroxyl groups is 1. The Hall–Kier alpha value is -1.26. The summed E-state index contributed by atoms with van der Waals surface area (Å²) < 4.78 is 0. The Morgan fingerprint density at radius 3 is 2.95 bits per heavy atom. The highest BCUT2D eigenvalue weighted by atomic mass is 35.5. The molecule has 0 aliphatic carbocycles. The first kappa shape index (κ1) is 14.2. The number of aliphatic imine (C=N–C) groups is 1. The molecule has 19 heavy (non-hydrogen) atoms. The van der Waals surface area contributed by atoms with E-state index in [-0.39, 0.29) is 6.10 Å². The Kier molecular flexibility index (Phi) is 5.05. The van der Waals surface area contributed by atoms with Gasteiger partial charge in [-0.1, -0.05) is 29.8 Å². The third-order valence-corrected chi connectivity index (χ3v) is 3.52. The zero-order valence-electron chi connectivity index (χ0n) is 11.1. The predicted molar refractivity (Wildman–Crippen MR) is 78.5 cm³/mol. The van der Waals surface area contributed by atoms with Gasteiger partial charge in [-0.2, -0.15) is 0 Å². The van der Waals surface area contributed by atoms with Gasteiger partial charge in [0.15, 0.2) is 5.96 Å². The molecule has 0 unspecified atom stereocenters. The van der Waals surface area contributed by atoms with Gasteiger partial charge in [-0.25, -0.2) is 4.99 Å². The lowest BCUT2D eigenvalue weighted by Crippen LogP contribution is -2.40. The molecule has 0 aromatic heterocycles. The molecule has 104 valence electrons. The van der Waals surface area contributed by atoms with E-state index < -0.39 is 0 Å². The van der Waals surface area contributed by atoms with Crippen molar-refractivity contribution in [2.45, 2.75) is 26.0 Å². The number of likely N-dealkylation sites (tertiary alicyclic amines) is 1. The van der Waals surface area contributed by atoms with Gasteiger partial charge in [0.25, 0.3) is 0 Å². The smallest absolute Gasteiger partial charge is 0.194 e. The standard InChI is InChI=1S/C14H20ClN3O/c1-2-16-14(18-8-7-12(19)10-18)17-9-11-5-3-4-6-13(11)15/h3-6,12,19H,2,7-10H2,1H3,(H,16,17)/t12-/m1/s1. The summed E-state index contributed by atoms with van der Waals surface area (Å²) in [6.45, 7) is 4.89. The number of hydrogen-bond donors (Lipinski definition) is 2. The molecule has 0 amide bonds. The van der Waals surface area contributed by atoms with Crippen LogP contribution < -0.4 is 5.32 Å². The number of β-amino-alcohol motifs (C(OH)–C–C–N with tert-alkyl or cyclic N) is 1. The number of guanidine groups is 1. The van der Waals surface area contributed by atoms with Crippen LogP contribution in [0.2, 0.25) is 5.02 Å². The van der Waals surface area contributed by atoms with Gasteiger partial charge in [0.1, 0.15) is 0 Å². The van der Waals surface area contributed by atoms with E-state index in [2.05, 4.69) is 15.2 Å². The molecule has 1 aliphatic rings. The normalized spacial score (nSPS) is 19.8. The van der Waals surface area contributed by atoms with Gasteiger partial charge in [0, 0.05) is 24.7 Å². The summed E-state index contributed by atoms with van der Waals surface area (Å²) in [6, 6.07) is 7.73. The van der Waals surface area contributed by atoms with Crippen LogP contribution in [0, 0.1) is 0 Å². The van der Waals surface area contributed by atoms with E-state index in [1.807, 2.05) is 31.2 Å². The maximum atomic E-state index is 9.60. The summed E-state index contributed by atoms with van der Waals surface area (Å²) in [5.74, 6) is 0.846. The number of aliphatic hydroxyl groups excluding tert-OH is 1. The Morgan fingerprint density at radius 2 is 2.32 bits per heavy atom. The predicted octanol–water partition coefficient (Wildman–Crippen LogP) is 1.87. The summed E-state index contributed by atoms with van der Waals surface area (Å²) in [6.07, 6.45) is 0.556. The Bertz CT molecular complexity index is 450. The number of benzene rings is 1. The maximum absolute atomic E-state index is 9.60. The maximum Gasteiger partial charge on any atom is 0.194 e. The van der Waals surface area contributed by atoms with Crippen molar-refractivity contribution in [1.29, 1.82) is 0 Å². The summed E-state index contributed by atoms with van der Waals surface area (Å²) in [5.41, 5.74) is 1.01. The van der Waals surface area contributed by atoms with Crippen molar-refractivity contribution in [3.8, 4) is 0 Å². The summed E-state index contributed by atoms with van der Waals surface area (Å²) in [4.78, 5) is 6.69. The average molecular weight is 282 g/mol. The lowest BCUT2D eigenvalue weighted by Gasteiger charge is -2.21. The molecule has 1 heterocycles. The summed E-state index contributed by atoms with van der Waals surface area (Å²) in [7, 11) is 0. The molecule has 0 spiro atoms. The molecule has 1 aromatic carbocycles. The number of nitrogens with zero attached hydrogens (tertiary/aromatic N) is 2. The van der Waals surface area contributed by atoms with Crippen molar-refractivity contribution in [1.82, 2.24) is 10.2 Å². The highest BCUT2D eigenvalue weighted by Gasteiger charge is 2.22. The van der Waals surface area contributed by atoms with E-state index in [1.54, 1.807) is 0 Å². The van der Waals surface area contributed by atoms with Crippen LogP contribution >= 0.6 is 11.6 Å². The Morgan fingerprint density at radius 1 is 1.53 bits per heavy atom. The van der Waals surface area contributed by atoms with Gasteiger partial charge < -0.3 is 15.3 Å². The number of nitrogens with one attached hydrogen (secondary N) is 1. The van der Waals surface area contributed by atoms with E-state index in [0.29, 0.717) is 13.1 Å². The first-order valence-electron chi connectivity index (χ1n) is 6.65. The van der Waals surface area contributed by atoms with E-state index >= 15 is 0 Å². The van der Waals surface area contributed by atoms with E-state index in [4.69, 9.17) is 11.6 Å². The van der Waals surface area contributed by atoms with Crippen LogP contribution in [0.15, 0.2) is 29.3 Å². The third-order valence-electron chi connectivity index (χ3n) is 3.15. The topological polar surface area (TPSA) is 47.9 Å². The van der Waals surface area contributed by atoms with Crippen LogP contribution in [-0.4, -0.2) is 41.7 Å². The summed E-state index contributed by atoms with van der Waals surface area (Å²) >= 11 is 6.12. The zero-order chi connectivity index (χ0) is 13.7. The van der Waals surface area contributed by atoms with Gasteiger partial charge in [0.05, 0.1) is 12.6 Å². The second-order valence-electron chi connectivity index (χ2n) is 4.65. The lowest BCUT2D eigenvalue weighted by atomic mass is 10.2. The van der Waals surface area contributed by atoms with Crippen LogP contribution in [0.25, 0.3) is 0 Å². The molecular formula is C14H20ClN3O. The van der Waals surface area contributed by atoms with Gasteiger partial charge in [-0.15, -0.1) is 0 Å². The Balaban J connectivity index is 2.06. The molecule has 4 nitrogen and oxygen atoms in total. The van der Waals surface area contributed by atoms with Crippen LogP contribution in [-0.2, 0) is 6.54 Å². The molecule has 2 rings (SSSR count). The molecule has 1 atom stereocenters.